The SMILES string of the molecule is CC(=O)O[C@@H]1O[C@]23CC[C@@]4(O)C[C@@H](O)CC[C@]14[C@@H]2CC[C@@]1(C)[C@H](C2=CC(=O)OC2)CC[C@@H]13. The summed E-state index contributed by atoms with van der Waals surface area (Å²) in [5.74, 6) is 0.0170. The Morgan fingerprint density at radius 1 is 1.12 bits per heavy atom. The van der Waals surface area contributed by atoms with E-state index in [-0.39, 0.29) is 29.1 Å². The Labute approximate surface area is 188 Å². The van der Waals surface area contributed by atoms with Crippen molar-refractivity contribution < 1.29 is 34.0 Å². The van der Waals surface area contributed by atoms with Crippen LogP contribution in [0, 0.1) is 28.6 Å². The van der Waals surface area contributed by atoms with E-state index in [1.54, 1.807) is 6.08 Å². The molecule has 9 atom stereocenters. The summed E-state index contributed by atoms with van der Waals surface area (Å²) >= 11 is 0. The number of aliphatic hydroxyl groups excluding tert-OH is 1. The summed E-state index contributed by atoms with van der Waals surface area (Å²) in [6.45, 7) is 4.13. The average molecular weight is 447 g/mol. The molecule has 1 spiro atoms. The standard InChI is InChI=1S/C25H34O7/c1-14(26)31-21-24-8-5-16(27)12-23(24,29)9-10-25(32-21)18-4-3-17(15-11-20(28)30-13-15)22(18,2)7-6-19(24)25/h11,16-19,21,27,29H,3-10,12-13H2,1-2H3/t16-,17-,18-,19-,21+,22-,23+,24-,25-/m0/s1. The molecule has 6 aliphatic rings. The van der Waals surface area contributed by atoms with Crippen molar-refractivity contribution in [2.45, 2.75) is 95.2 Å². The first-order chi connectivity index (χ1) is 15.1. The van der Waals surface area contributed by atoms with Crippen LogP contribution in [0.15, 0.2) is 11.6 Å². The second kappa shape index (κ2) is 6.57. The molecule has 4 aliphatic carbocycles. The first-order valence-corrected chi connectivity index (χ1v) is 12.3. The zero-order valence-corrected chi connectivity index (χ0v) is 19.0. The topological polar surface area (TPSA) is 102 Å². The molecule has 4 saturated carbocycles. The van der Waals surface area contributed by atoms with E-state index in [4.69, 9.17) is 14.2 Å². The number of rotatable bonds is 2. The maximum atomic E-state index is 12.1. The molecule has 2 heterocycles. The summed E-state index contributed by atoms with van der Waals surface area (Å²) in [6.07, 6.45) is 7.02. The van der Waals surface area contributed by atoms with Crippen LogP contribution in [-0.2, 0) is 23.8 Å². The molecule has 2 aliphatic heterocycles. The van der Waals surface area contributed by atoms with Gasteiger partial charge in [-0.25, -0.2) is 4.79 Å². The van der Waals surface area contributed by atoms with Crippen LogP contribution >= 0.6 is 0 Å². The summed E-state index contributed by atoms with van der Waals surface area (Å²) in [5.41, 5.74) is -1.11. The van der Waals surface area contributed by atoms with E-state index in [9.17, 15) is 19.8 Å². The van der Waals surface area contributed by atoms with Gasteiger partial charge in [-0.2, -0.15) is 0 Å². The summed E-state index contributed by atoms with van der Waals surface area (Å²) in [6, 6.07) is 0. The third-order valence-electron chi connectivity index (χ3n) is 10.5. The largest absolute Gasteiger partial charge is 0.458 e. The maximum Gasteiger partial charge on any atom is 0.331 e. The molecule has 1 saturated heterocycles. The summed E-state index contributed by atoms with van der Waals surface area (Å²) in [7, 11) is 0. The third kappa shape index (κ3) is 2.43. The van der Waals surface area contributed by atoms with Crippen LogP contribution in [0.3, 0.4) is 0 Å². The quantitative estimate of drug-likeness (QED) is 0.629. The van der Waals surface area contributed by atoms with Crippen molar-refractivity contribution in [1.82, 2.24) is 0 Å². The van der Waals surface area contributed by atoms with Gasteiger partial charge in [0.1, 0.15) is 6.61 Å². The molecule has 6 rings (SSSR count). The molecule has 0 radical (unpaired) electrons. The van der Waals surface area contributed by atoms with Crippen LogP contribution in [-0.4, -0.2) is 52.4 Å². The van der Waals surface area contributed by atoms with Gasteiger partial charge in [-0.1, -0.05) is 6.92 Å². The molecular formula is C25H34O7. The molecule has 0 aromatic rings. The molecule has 32 heavy (non-hydrogen) atoms. The van der Waals surface area contributed by atoms with Gasteiger partial charge in [0, 0.05) is 25.3 Å². The Bertz CT molecular complexity index is 899. The lowest BCUT2D eigenvalue weighted by molar-refractivity contribution is -0.241. The normalized spacial score (nSPS) is 53.7. The number of hydrogen-bond donors (Lipinski definition) is 2. The Balaban J connectivity index is 1.43. The Morgan fingerprint density at radius 2 is 1.94 bits per heavy atom. The molecule has 0 aromatic carbocycles. The lowest BCUT2D eigenvalue weighted by Crippen LogP contribution is -2.67. The van der Waals surface area contributed by atoms with Crippen molar-refractivity contribution in [1.29, 1.82) is 0 Å². The highest BCUT2D eigenvalue weighted by molar-refractivity contribution is 5.85. The van der Waals surface area contributed by atoms with Crippen molar-refractivity contribution in [3.05, 3.63) is 11.6 Å². The first kappa shape index (κ1) is 21.1. The number of esters is 2. The molecule has 2 N–H and O–H groups in total. The van der Waals surface area contributed by atoms with Gasteiger partial charge in [0.2, 0.25) is 6.29 Å². The van der Waals surface area contributed by atoms with Crippen molar-refractivity contribution >= 4 is 11.9 Å². The molecule has 0 unspecified atom stereocenters. The van der Waals surface area contributed by atoms with Gasteiger partial charge in [0.25, 0.3) is 0 Å². The number of hydrogen-bond acceptors (Lipinski definition) is 7. The average Bonchev–Trinajstić information content (AvgIpc) is 3.35. The fourth-order valence-corrected chi connectivity index (χ4v) is 9.43. The van der Waals surface area contributed by atoms with E-state index in [1.807, 2.05) is 0 Å². The molecule has 5 fully saturated rings. The lowest BCUT2D eigenvalue weighted by Gasteiger charge is -2.63. The van der Waals surface area contributed by atoms with E-state index < -0.39 is 35.0 Å². The fourth-order valence-electron chi connectivity index (χ4n) is 9.43. The van der Waals surface area contributed by atoms with Gasteiger partial charge in [-0.15, -0.1) is 0 Å². The number of fused-ring (bicyclic) bond motifs is 1. The number of carbonyl (C=O) groups excluding carboxylic acids is 2. The predicted molar refractivity (Wildman–Crippen MR) is 112 cm³/mol. The van der Waals surface area contributed by atoms with Crippen molar-refractivity contribution in [3.63, 3.8) is 0 Å². The van der Waals surface area contributed by atoms with Crippen molar-refractivity contribution in [2.24, 2.45) is 28.6 Å². The fraction of sp³-hybridized carbons (Fsp3) is 0.840. The Kier molecular flexibility index (Phi) is 4.34. The van der Waals surface area contributed by atoms with Crippen LogP contribution < -0.4 is 0 Å². The smallest absolute Gasteiger partial charge is 0.331 e. The highest BCUT2D eigenvalue weighted by Crippen LogP contribution is 2.76. The van der Waals surface area contributed by atoms with Gasteiger partial charge < -0.3 is 24.4 Å². The second-order valence-corrected chi connectivity index (χ2v) is 11.6. The van der Waals surface area contributed by atoms with E-state index in [1.165, 1.54) is 6.92 Å². The van der Waals surface area contributed by atoms with Gasteiger partial charge >= 0.3 is 11.9 Å². The number of cyclic esters (lactones) is 1. The summed E-state index contributed by atoms with van der Waals surface area (Å²) < 4.78 is 17.9. The Morgan fingerprint density at radius 3 is 2.66 bits per heavy atom. The minimum Gasteiger partial charge on any atom is -0.458 e. The predicted octanol–water partition coefficient (Wildman–Crippen LogP) is 2.63. The zero-order chi connectivity index (χ0) is 22.5. The number of ether oxygens (including phenoxy) is 3. The molecule has 0 amide bonds. The van der Waals surface area contributed by atoms with E-state index in [2.05, 4.69) is 6.92 Å². The molecule has 7 nitrogen and oxygen atoms in total. The number of carbonyl (C=O) groups is 2. The summed E-state index contributed by atoms with van der Waals surface area (Å²) in [5, 5.41) is 22.3. The van der Waals surface area contributed by atoms with Crippen LogP contribution in [0.5, 0.6) is 0 Å². The minimum atomic E-state index is -1.09. The second-order valence-electron chi connectivity index (χ2n) is 11.6. The van der Waals surface area contributed by atoms with Crippen LogP contribution in [0.4, 0.5) is 0 Å². The van der Waals surface area contributed by atoms with Crippen molar-refractivity contribution in [2.75, 3.05) is 6.61 Å². The van der Waals surface area contributed by atoms with E-state index in [0.717, 1.165) is 31.3 Å². The monoisotopic (exact) mass is 446 g/mol. The highest BCUT2D eigenvalue weighted by atomic mass is 16.7. The zero-order valence-electron chi connectivity index (χ0n) is 19.0. The molecule has 2 bridgehead atoms. The van der Waals surface area contributed by atoms with Crippen LogP contribution in [0.2, 0.25) is 0 Å². The van der Waals surface area contributed by atoms with Crippen LogP contribution in [0.25, 0.3) is 0 Å². The number of aliphatic hydroxyl groups is 2. The maximum absolute atomic E-state index is 12.1. The first-order valence-electron chi connectivity index (χ1n) is 12.3. The minimum absolute atomic E-state index is 0.0216. The van der Waals surface area contributed by atoms with Gasteiger partial charge in [0.15, 0.2) is 0 Å². The molecule has 0 aromatic heterocycles. The van der Waals surface area contributed by atoms with Crippen LogP contribution in [0.1, 0.15) is 71.6 Å². The van der Waals surface area contributed by atoms with Gasteiger partial charge in [-0.3, -0.25) is 4.79 Å². The van der Waals surface area contributed by atoms with Crippen molar-refractivity contribution in [3.8, 4) is 0 Å². The van der Waals surface area contributed by atoms with E-state index in [0.29, 0.717) is 38.7 Å². The summed E-state index contributed by atoms with van der Waals surface area (Å²) in [4.78, 5) is 23.9. The highest BCUT2D eigenvalue weighted by Gasteiger charge is 2.80. The molecule has 176 valence electrons. The Hall–Kier alpha value is -1.44. The van der Waals surface area contributed by atoms with Gasteiger partial charge in [-0.05, 0) is 74.2 Å². The molecular weight excluding hydrogens is 412 g/mol. The lowest BCUT2D eigenvalue weighted by atomic mass is 9.42. The molecule has 7 heteroatoms. The van der Waals surface area contributed by atoms with E-state index >= 15 is 0 Å². The third-order valence-corrected chi connectivity index (χ3v) is 10.5. The van der Waals surface area contributed by atoms with Gasteiger partial charge in [0.05, 0.1) is 22.7 Å².